The molecule has 2 saturated heterocycles. The van der Waals surface area contributed by atoms with E-state index in [0.29, 0.717) is 11.5 Å². The van der Waals surface area contributed by atoms with Crippen LogP contribution in [-0.4, -0.2) is 47.5 Å². The Kier molecular flexibility index (Phi) is 4.36. The smallest absolute Gasteiger partial charge is 0.0456 e. The van der Waals surface area contributed by atoms with Crippen molar-refractivity contribution in [1.82, 2.24) is 14.8 Å². The Labute approximate surface area is 151 Å². The number of aromatic amines is 1. The number of para-hydroxylation sites is 1. The molecule has 1 atom stereocenters. The summed E-state index contributed by atoms with van der Waals surface area (Å²) in [5.74, 6) is 0. The number of aryl methyl sites for hydroxylation is 1. The summed E-state index contributed by atoms with van der Waals surface area (Å²) in [5.41, 5.74) is 4.52. The maximum Gasteiger partial charge on any atom is 0.0456 e. The number of fused-ring (bicyclic) bond motifs is 1. The molecule has 1 aromatic carbocycles. The van der Waals surface area contributed by atoms with Gasteiger partial charge in [-0.15, -0.1) is 0 Å². The number of piperidine rings is 1. The standard InChI is InChI=1S/C22H31N3/c1-17(8-9-19-15-23-21-7-5-4-6-20(19)21)25-16-22(14-18(25)2)10-12-24(3)13-11-22/h4-7,15,18,23H,1,8-14,16H2,2-3H3. The SMILES string of the molecule is C=C(CCc1c[nH]c2ccccc12)N1CC2(CCN(C)CC2)CC1C. The van der Waals surface area contributed by atoms with Gasteiger partial charge in [0.15, 0.2) is 0 Å². The van der Waals surface area contributed by atoms with Crippen LogP contribution in [0.5, 0.6) is 0 Å². The summed E-state index contributed by atoms with van der Waals surface area (Å²) >= 11 is 0. The van der Waals surface area contributed by atoms with Gasteiger partial charge in [0, 0.05) is 35.4 Å². The fourth-order valence-corrected chi connectivity index (χ4v) is 4.96. The third-order valence-electron chi connectivity index (χ3n) is 6.58. The predicted octanol–water partition coefficient (Wildman–Crippen LogP) is 4.42. The largest absolute Gasteiger partial charge is 0.372 e. The van der Waals surface area contributed by atoms with Gasteiger partial charge in [0.25, 0.3) is 0 Å². The van der Waals surface area contributed by atoms with Crippen molar-refractivity contribution in [1.29, 1.82) is 0 Å². The Hall–Kier alpha value is -1.74. The number of aromatic nitrogens is 1. The Morgan fingerprint density at radius 3 is 2.84 bits per heavy atom. The number of benzene rings is 1. The van der Waals surface area contributed by atoms with Gasteiger partial charge in [0.1, 0.15) is 0 Å². The molecule has 2 aromatic rings. The molecular weight excluding hydrogens is 306 g/mol. The Bertz CT molecular complexity index is 751. The third-order valence-corrected chi connectivity index (χ3v) is 6.58. The highest BCUT2D eigenvalue weighted by Crippen LogP contribution is 2.44. The second-order valence-corrected chi connectivity index (χ2v) is 8.41. The molecule has 0 radical (unpaired) electrons. The molecule has 3 heteroatoms. The van der Waals surface area contributed by atoms with Crippen LogP contribution in [-0.2, 0) is 6.42 Å². The molecule has 25 heavy (non-hydrogen) atoms. The van der Waals surface area contributed by atoms with Gasteiger partial charge in [-0.05, 0) is 76.2 Å². The van der Waals surface area contributed by atoms with Gasteiger partial charge in [-0.2, -0.15) is 0 Å². The number of H-pyrrole nitrogens is 1. The summed E-state index contributed by atoms with van der Waals surface area (Å²) in [5, 5.41) is 1.36. The lowest BCUT2D eigenvalue weighted by atomic mass is 9.77. The molecule has 3 nitrogen and oxygen atoms in total. The number of likely N-dealkylation sites (tertiary alicyclic amines) is 2. The molecule has 3 heterocycles. The molecule has 1 unspecified atom stereocenters. The first-order chi connectivity index (χ1) is 12.1. The minimum atomic E-state index is 0.537. The minimum Gasteiger partial charge on any atom is -0.372 e. The van der Waals surface area contributed by atoms with Crippen LogP contribution in [0.1, 0.15) is 38.2 Å². The molecule has 0 saturated carbocycles. The van der Waals surface area contributed by atoms with Crippen LogP contribution in [0.3, 0.4) is 0 Å². The quantitative estimate of drug-likeness (QED) is 0.892. The van der Waals surface area contributed by atoms with E-state index >= 15 is 0 Å². The first kappa shape index (κ1) is 16.7. The van der Waals surface area contributed by atoms with Crippen molar-refractivity contribution in [3.8, 4) is 0 Å². The zero-order chi connectivity index (χ0) is 17.4. The Morgan fingerprint density at radius 2 is 2.04 bits per heavy atom. The molecule has 4 rings (SSSR count). The van der Waals surface area contributed by atoms with Crippen LogP contribution in [0, 0.1) is 5.41 Å². The topological polar surface area (TPSA) is 22.3 Å². The van der Waals surface area contributed by atoms with Gasteiger partial charge >= 0.3 is 0 Å². The molecule has 0 bridgehead atoms. The van der Waals surface area contributed by atoms with Gasteiger partial charge in [-0.1, -0.05) is 24.8 Å². The van der Waals surface area contributed by atoms with Crippen molar-refractivity contribution < 1.29 is 0 Å². The normalized spacial score (nSPS) is 23.6. The van der Waals surface area contributed by atoms with Gasteiger partial charge in [-0.25, -0.2) is 0 Å². The summed E-state index contributed by atoms with van der Waals surface area (Å²) in [4.78, 5) is 8.48. The molecule has 0 aliphatic carbocycles. The molecule has 1 N–H and O–H groups in total. The summed E-state index contributed by atoms with van der Waals surface area (Å²) < 4.78 is 0. The van der Waals surface area contributed by atoms with E-state index in [-0.39, 0.29) is 0 Å². The first-order valence-corrected chi connectivity index (χ1v) is 9.74. The van der Waals surface area contributed by atoms with E-state index < -0.39 is 0 Å². The van der Waals surface area contributed by atoms with E-state index in [1.807, 2.05) is 0 Å². The lowest BCUT2D eigenvalue weighted by Gasteiger charge is -2.38. The first-order valence-electron chi connectivity index (χ1n) is 9.74. The summed E-state index contributed by atoms with van der Waals surface area (Å²) in [6, 6.07) is 9.23. The molecule has 2 aliphatic rings. The van der Waals surface area contributed by atoms with Crippen molar-refractivity contribution in [3.05, 3.63) is 48.3 Å². The number of hydrogen-bond donors (Lipinski definition) is 1. The van der Waals surface area contributed by atoms with Crippen molar-refractivity contribution in [3.63, 3.8) is 0 Å². The summed E-state index contributed by atoms with van der Waals surface area (Å²) in [6.07, 6.45) is 8.33. The average Bonchev–Trinajstić information content (AvgIpc) is 3.17. The summed E-state index contributed by atoms with van der Waals surface area (Å²) in [7, 11) is 2.25. The number of allylic oxidation sites excluding steroid dienone is 1. The van der Waals surface area contributed by atoms with Crippen LogP contribution in [0.4, 0.5) is 0 Å². The molecule has 134 valence electrons. The van der Waals surface area contributed by atoms with Gasteiger partial charge in [0.2, 0.25) is 0 Å². The fourth-order valence-electron chi connectivity index (χ4n) is 4.96. The van der Waals surface area contributed by atoms with E-state index in [0.717, 1.165) is 12.8 Å². The van der Waals surface area contributed by atoms with Gasteiger partial charge < -0.3 is 14.8 Å². The fraction of sp³-hybridized carbons (Fsp3) is 0.545. The summed E-state index contributed by atoms with van der Waals surface area (Å²) in [6.45, 7) is 10.6. The van der Waals surface area contributed by atoms with Gasteiger partial charge in [-0.3, -0.25) is 0 Å². The molecule has 0 amide bonds. The van der Waals surface area contributed by atoms with E-state index in [2.05, 4.69) is 65.8 Å². The van der Waals surface area contributed by atoms with Crippen LogP contribution in [0.2, 0.25) is 0 Å². The predicted molar refractivity (Wildman–Crippen MR) is 106 cm³/mol. The third kappa shape index (κ3) is 3.22. The van der Waals surface area contributed by atoms with E-state index in [1.165, 1.54) is 61.1 Å². The van der Waals surface area contributed by atoms with Crippen LogP contribution >= 0.6 is 0 Å². The molecular formula is C22H31N3. The molecule has 1 spiro atoms. The molecule has 2 fully saturated rings. The van der Waals surface area contributed by atoms with Crippen LogP contribution in [0.15, 0.2) is 42.7 Å². The second kappa shape index (κ2) is 6.53. The highest BCUT2D eigenvalue weighted by molar-refractivity contribution is 5.83. The zero-order valence-electron chi connectivity index (χ0n) is 15.7. The zero-order valence-corrected chi connectivity index (χ0v) is 15.7. The number of nitrogens with zero attached hydrogens (tertiary/aromatic N) is 2. The monoisotopic (exact) mass is 337 g/mol. The maximum atomic E-state index is 4.46. The lowest BCUT2D eigenvalue weighted by molar-refractivity contribution is 0.130. The number of rotatable bonds is 4. The number of nitrogens with one attached hydrogen (secondary N) is 1. The van der Waals surface area contributed by atoms with Crippen molar-refractivity contribution in [2.45, 2.75) is 45.1 Å². The van der Waals surface area contributed by atoms with Crippen molar-refractivity contribution in [2.75, 3.05) is 26.7 Å². The van der Waals surface area contributed by atoms with Crippen molar-refractivity contribution >= 4 is 10.9 Å². The average molecular weight is 338 g/mol. The Balaban J connectivity index is 1.39. The van der Waals surface area contributed by atoms with E-state index in [1.54, 1.807) is 0 Å². The number of hydrogen-bond acceptors (Lipinski definition) is 2. The molecule has 1 aromatic heterocycles. The van der Waals surface area contributed by atoms with Gasteiger partial charge in [0.05, 0.1) is 0 Å². The van der Waals surface area contributed by atoms with Crippen molar-refractivity contribution in [2.24, 2.45) is 5.41 Å². The van der Waals surface area contributed by atoms with Crippen LogP contribution in [0.25, 0.3) is 10.9 Å². The van der Waals surface area contributed by atoms with E-state index in [9.17, 15) is 0 Å². The lowest BCUT2D eigenvalue weighted by Crippen LogP contribution is -2.39. The second-order valence-electron chi connectivity index (χ2n) is 8.41. The van der Waals surface area contributed by atoms with Crippen LogP contribution < -0.4 is 0 Å². The highest BCUT2D eigenvalue weighted by atomic mass is 15.2. The maximum absolute atomic E-state index is 4.46. The minimum absolute atomic E-state index is 0.537. The highest BCUT2D eigenvalue weighted by Gasteiger charge is 2.43. The molecule has 2 aliphatic heterocycles. The van der Waals surface area contributed by atoms with E-state index in [4.69, 9.17) is 0 Å². The Morgan fingerprint density at radius 1 is 1.28 bits per heavy atom.